The van der Waals surface area contributed by atoms with Gasteiger partial charge in [0.15, 0.2) is 0 Å². The number of hydrogen-bond donors (Lipinski definition) is 1. The van der Waals surface area contributed by atoms with Crippen LogP contribution >= 0.6 is 0 Å². The summed E-state index contributed by atoms with van der Waals surface area (Å²) in [6.45, 7) is 1.39. The Morgan fingerprint density at radius 1 is 1.21 bits per heavy atom. The second-order valence-corrected chi connectivity index (χ2v) is 4.69. The monoisotopic (exact) mass is 332 g/mol. The second-order valence-electron chi connectivity index (χ2n) is 4.69. The van der Waals surface area contributed by atoms with Crippen LogP contribution < -0.4 is 5.43 Å². The highest BCUT2D eigenvalue weighted by Gasteiger charge is 2.11. The van der Waals surface area contributed by atoms with Crippen molar-refractivity contribution >= 4 is 23.0 Å². The molecule has 0 atom stereocenters. The number of nitro benzene ring substituents is 1. The van der Waals surface area contributed by atoms with Crippen LogP contribution in [0.15, 0.2) is 41.8 Å². The van der Waals surface area contributed by atoms with Gasteiger partial charge in [0.2, 0.25) is 0 Å². The van der Waals surface area contributed by atoms with Crippen molar-refractivity contribution in [2.45, 2.75) is 13.5 Å². The van der Waals surface area contributed by atoms with Crippen LogP contribution in [0, 0.1) is 20.2 Å². The van der Waals surface area contributed by atoms with E-state index in [-0.39, 0.29) is 17.9 Å². The van der Waals surface area contributed by atoms with E-state index < -0.39 is 15.8 Å². The number of carbonyl (C=O) groups is 1. The fourth-order valence-corrected chi connectivity index (χ4v) is 1.75. The lowest BCUT2D eigenvalue weighted by Gasteiger charge is -2.03. The largest absolute Gasteiger partial charge is 0.307 e. The second kappa shape index (κ2) is 7.09. The van der Waals surface area contributed by atoms with E-state index in [9.17, 15) is 25.0 Å². The Hall–Kier alpha value is -3.63. The van der Waals surface area contributed by atoms with Gasteiger partial charge in [-0.15, -0.1) is 0 Å². The van der Waals surface area contributed by atoms with Gasteiger partial charge in [0.05, 0.1) is 15.6 Å². The number of carbonyl (C=O) groups excluding carboxylic acids is 1. The number of hydrogen-bond acceptors (Lipinski definition) is 7. The molecule has 1 aromatic heterocycles. The predicted octanol–water partition coefficient (Wildman–Crippen LogP) is 1.24. The van der Waals surface area contributed by atoms with Crippen molar-refractivity contribution in [3.05, 3.63) is 62.5 Å². The van der Waals surface area contributed by atoms with E-state index in [1.54, 1.807) is 6.92 Å². The summed E-state index contributed by atoms with van der Waals surface area (Å²) >= 11 is 0. The van der Waals surface area contributed by atoms with E-state index in [1.165, 1.54) is 24.3 Å². The lowest BCUT2D eigenvalue weighted by atomic mass is 10.1. The van der Waals surface area contributed by atoms with Crippen LogP contribution in [0.3, 0.4) is 0 Å². The molecule has 0 fully saturated rings. The molecule has 0 bridgehead atoms. The molecule has 0 aliphatic carbocycles. The molecule has 1 N–H and O–H groups in total. The lowest BCUT2D eigenvalue weighted by molar-refractivity contribution is -0.385. The van der Waals surface area contributed by atoms with E-state index in [0.29, 0.717) is 11.3 Å². The van der Waals surface area contributed by atoms with Gasteiger partial charge in [0.1, 0.15) is 18.9 Å². The quantitative estimate of drug-likeness (QED) is 0.478. The normalized spacial score (nSPS) is 11.1. The third-order valence-corrected chi connectivity index (χ3v) is 2.98. The molecule has 11 nitrogen and oxygen atoms in total. The molecule has 2 rings (SSSR count). The number of nitrogens with zero attached hydrogens (tertiary/aromatic N) is 5. The van der Waals surface area contributed by atoms with Crippen LogP contribution in [0.4, 0.5) is 11.4 Å². The zero-order valence-corrected chi connectivity index (χ0v) is 12.4. The van der Waals surface area contributed by atoms with Crippen molar-refractivity contribution < 1.29 is 14.6 Å². The van der Waals surface area contributed by atoms with Crippen LogP contribution in [0.2, 0.25) is 0 Å². The summed E-state index contributed by atoms with van der Waals surface area (Å²) in [5, 5.41) is 28.7. The zero-order chi connectivity index (χ0) is 17.7. The van der Waals surface area contributed by atoms with Gasteiger partial charge >= 0.3 is 5.69 Å². The van der Waals surface area contributed by atoms with Crippen LogP contribution in [0.1, 0.15) is 12.5 Å². The first kappa shape index (κ1) is 16.7. The summed E-state index contributed by atoms with van der Waals surface area (Å²) in [5.74, 6) is -0.519. The Labute approximate surface area is 134 Å². The smallest absolute Gasteiger partial charge is 0.271 e. The molecule has 0 spiro atoms. The number of amides is 1. The van der Waals surface area contributed by atoms with Gasteiger partial charge in [0, 0.05) is 12.1 Å². The minimum Gasteiger partial charge on any atom is -0.271 e. The average Bonchev–Trinajstić information content (AvgIpc) is 3.01. The predicted molar refractivity (Wildman–Crippen MR) is 82.3 cm³/mol. The van der Waals surface area contributed by atoms with Crippen molar-refractivity contribution in [2.24, 2.45) is 5.10 Å². The molecule has 0 radical (unpaired) electrons. The molecular weight excluding hydrogens is 320 g/mol. The standard InChI is InChI=1S/C13H12N6O5/c1-9(10-2-4-11(5-3-10)18(21)22)15-16-13(20)8-17-7-12(6-14-17)19(23)24/h2-7H,8H2,1H3,(H,16,20)/b15-9+. The Morgan fingerprint density at radius 3 is 2.38 bits per heavy atom. The molecular formula is C13H12N6O5. The van der Waals surface area contributed by atoms with E-state index in [1.807, 2.05) is 0 Å². The third-order valence-electron chi connectivity index (χ3n) is 2.98. The zero-order valence-electron chi connectivity index (χ0n) is 12.4. The number of nitrogens with one attached hydrogen (secondary N) is 1. The number of rotatable bonds is 6. The Morgan fingerprint density at radius 2 is 1.83 bits per heavy atom. The van der Waals surface area contributed by atoms with Crippen LogP contribution in [0.5, 0.6) is 0 Å². The van der Waals surface area contributed by atoms with Crippen LogP contribution in [0.25, 0.3) is 0 Å². The highest BCUT2D eigenvalue weighted by atomic mass is 16.6. The first-order valence-electron chi connectivity index (χ1n) is 6.61. The van der Waals surface area contributed by atoms with Gasteiger partial charge in [0.25, 0.3) is 11.6 Å². The van der Waals surface area contributed by atoms with Crippen molar-refractivity contribution in [3.8, 4) is 0 Å². The number of nitro groups is 2. The fourth-order valence-electron chi connectivity index (χ4n) is 1.75. The van der Waals surface area contributed by atoms with Gasteiger partial charge in [-0.25, -0.2) is 5.43 Å². The maximum atomic E-state index is 11.7. The molecule has 1 aromatic carbocycles. The lowest BCUT2D eigenvalue weighted by Crippen LogP contribution is -2.24. The van der Waals surface area contributed by atoms with E-state index in [0.717, 1.165) is 17.1 Å². The number of aromatic nitrogens is 2. The van der Waals surface area contributed by atoms with Gasteiger partial charge < -0.3 is 0 Å². The summed E-state index contributed by atoms with van der Waals surface area (Å²) in [6.07, 6.45) is 2.17. The van der Waals surface area contributed by atoms with Crippen LogP contribution in [-0.2, 0) is 11.3 Å². The maximum Gasteiger partial charge on any atom is 0.307 e. The first-order chi connectivity index (χ1) is 11.4. The van der Waals surface area contributed by atoms with Crippen LogP contribution in [-0.4, -0.2) is 31.2 Å². The highest BCUT2D eigenvalue weighted by molar-refractivity contribution is 5.99. The SMILES string of the molecule is C/C(=N\NC(=O)Cn1cc([N+](=O)[O-])cn1)c1ccc([N+](=O)[O-])cc1. The van der Waals surface area contributed by atoms with E-state index >= 15 is 0 Å². The number of benzene rings is 1. The van der Waals surface area contributed by atoms with Gasteiger partial charge in [-0.05, 0) is 24.6 Å². The molecule has 1 heterocycles. The summed E-state index contributed by atoms with van der Waals surface area (Å²) in [7, 11) is 0. The minimum atomic E-state index is -0.613. The van der Waals surface area contributed by atoms with Crippen molar-refractivity contribution in [2.75, 3.05) is 0 Å². The molecule has 124 valence electrons. The molecule has 0 unspecified atom stereocenters. The number of non-ortho nitro benzene ring substituents is 1. The van der Waals surface area contributed by atoms with Crippen molar-refractivity contribution in [1.82, 2.24) is 15.2 Å². The third kappa shape index (κ3) is 4.19. The Balaban J connectivity index is 1.96. The average molecular weight is 332 g/mol. The molecule has 1 amide bonds. The van der Waals surface area contributed by atoms with Crippen molar-refractivity contribution in [3.63, 3.8) is 0 Å². The number of hydrazone groups is 1. The summed E-state index contributed by atoms with van der Waals surface area (Å²) in [4.78, 5) is 31.7. The van der Waals surface area contributed by atoms with Crippen molar-refractivity contribution in [1.29, 1.82) is 0 Å². The van der Waals surface area contributed by atoms with Gasteiger partial charge in [-0.2, -0.15) is 10.2 Å². The van der Waals surface area contributed by atoms with E-state index in [4.69, 9.17) is 0 Å². The molecule has 24 heavy (non-hydrogen) atoms. The molecule has 0 aliphatic rings. The summed E-state index contributed by atoms with van der Waals surface area (Å²) < 4.78 is 1.12. The topological polar surface area (TPSA) is 146 Å². The van der Waals surface area contributed by atoms with Gasteiger partial charge in [-0.1, -0.05) is 0 Å². The molecule has 2 aromatic rings. The Bertz CT molecular complexity index is 811. The summed E-state index contributed by atoms with van der Waals surface area (Å²) in [5.41, 5.74) is 3.09. The first-order valence-corrected chi connectivity index (χ1v) is 6.61. The summed E-state index contributed by atoms with van der Waals surface area (Å²) in [6, 6.07) is 5.69. The minimum absolute atomic E-state index is 0.0455. The highest BCUT2D eigenvalue weighted by Crippen LogP contribution is 2.12. The van der Waals surface area contributed by atoms with Gasteiger partial charge in [-0.3, -0.25) is 29.7 Å². The fraction of sp³-hybridized carbons (Fsp3) is 0.154. The molecule has 0 aliphatic heterocycles. The Kier molecular flexibility index (Phi) is 4.94. The molecule has 0 saturated carbocycles. The molecule has 11 heteroatoms. The maximum absolute atomic E-state index is 11.7. The molecule has 0 saturated heterocycles. The van der Waals surface area contributed by atoms with E-state index in [2.05, 4.69) is 15.6 Å².